The van der Waals surface area contributed by atoms with Crippen molar-refractivity contribution in [2.45, 2.75) is 19.4 Å². The van der Waals surface area contributed by atoms with Crippen LogP contribution in [0.25, 0.3) is 0 Å². The number of hydrogen-bond acceptors (Lipinski definition) is 6. The van der Waals surface area contributed by atoms with Gasteiger partial charge in [-0.25, -0.2) is 0 Å². The average Bonchev–Trinajstić information content (AvgIpc) is 2.96. The van der Waals surface area contributed by atoms with E-state index in [4.69, 9.17) is 14.2 Å². The summed E-state index contributed by atoms with van der Waals surface area (Å²) < 4.78 is 15.6. The van der Waals surface area contributed by atoms with Crippen molar-refractivity contribution in [2.24, 2.45) is 0 Å². The lowest BCUT2D eigenvalue weighted by atomic mass is 10.1. The number of benzene rings is 2. The van der Waals surface area contributed by atoms with Crippen molar-refractivity contribution in [1.82, 2.24) is 5.32 Å². The highest BCUT2D eigenvalue weighted by Gasteiger charge is 2.25. The van der Waals surface area contributed by atoms with E-state index in [0.29, 0.717) is 23.7 Å². The molecule has 0 aliphatic carbocycles. The lowest BCUT2D eigenvalue weighted by Crippen LogP contribution is -2.29. The number of carbonyl (C=O) groups is 2. The molecular weight excluding hydrogens is 310 g/mol. The second-order valence-corrected chi connectivity index (χ2v) is 5.38. The molecule has 0 spiro atoms. The molecule has 0 bridgehead atoms. The van der Waals surface area contributed by atoms with Crippen LogP contribution in [0.1, 0.15) is 12.5 Å². The summed E-state index contributed by atoms with van der Waals surface area (Å²) in [4.78, 5) is 22.3. The van der Waals surface area contributed by atoms with E-state index in [1.165, 1.54) is 6.92 Å². The number of ether oxygens (including phenoxy) is 3. The van der Waals surface area contributed by atoms with Crippen molar-refractivity contribution in [3.05, 3.63) is 54.1 Å². The largest absolute Gasteiger partial charge is 0.457 e. The third kappa shape index (κ3) is 4.11. The highest BCUT2D eigenvalue weighted by molar-refractivity contribution is 5.77. The molecule has 0 unspecified atom stereocenters. The van der Waals surface area contributed by atoms with Gasteiger partial charge in [0.05, 0.1) is 0 Å². The maximum atomic E-state index is 11.4. The fourth-order valence-electron chi connectivity index (χ4n) is 2.36. The molecule has 0 saturated carbocycles. The summed E-state index contributed by atoms with van der Waals surface area (Å²) in [5.74, 6) is 1.21. The second-order valence-electron chi connectivity index (χ2n) is 5.38. The molecule has 124 valence electrons. The van der Waals surface area contributed by atoms with Gasteiger partial charge in [0.1, 0.15) is 30.0 Å². The van der Waals surface area contributed by atoms with Gasteiger partial charge in [-0.1, -0.05) is 12.1 Å². The zero-order valence-corrected chi connectivity index (χ0v) is 13.2. The van der Waals surface area contributed by atoms with Gasteiger partial charge in [0, 0.05) is 6.92 Å². The quantitative estimate of drug-likeness (QED) is 0.671. The van der Waals surface area contributed by atoms with E-state index in [9.17, 15) is 9.59 Å². The van der Waals surface area contributed by atoms with Crippen LogP contribution in [0.2, 0.25) is 0 Å². The maximum absolute atomic E-state index is 11.4. The predicted molar refractivity (Wildman–Crippen MR) is 85.9 cm³/mol. The first-order valence-electron chi connectivity index (χ1n) is 7.55. The van der Waals surface area contributed by atoms with Crippen LogP contribution in [0.3, 0.4) is 0 Å². The van der Waals surface area contributed by atoms with Crippen molar-refractivity contribution in [3.63, 3.8) is 0 Å². The number of rotatable bonds is 5. The van der Waals surface area contributed by atoms with Gasteiger partial charge in [-0.3, -0.25) is 14.9 Å². The lowest BCUT2D eigenvalue weighted by Gasteiger charge is -2.09. The molecule has 6 nitrogen and oxygen atoms in total. The summed E-state index contributed by atoms with van der Waals surface area (Å²) in [5.41, 5.74) is 1.02. The highest BCUT2D eigenvalue weighted by Crippen LogP contribution is 2.24. The summed E-state index contributed by atoms with van der Waals surface area (Å²) in [7, 11) is 0. The molecule has 1 fully saturated rings. The topological polar surface area (TPSA) is 73.9 Å². The van der Waals surface area contributed by atoms with Crippen LogP contribution >= 0.6 is 0 Å². The zero-order valence-electron chi connectivity index (χ0n) is 13.2. The van der Waals surface area contributed by atoms with Gasteiger partial charge in [-0.05, 0) is 48.4 Å². The van der Waals surface area contributed by atoms with Crippen molar-refractivity contribution in [3.8, 4) is 17.2 Å². The van der Waals surface area contributed by atoms with E-state index in [1.54, 1.807) is 24.3 Å². The summed E-state index contributed by atoms with van der Waals surface area (Å²) in [6, 6.07) is 14.0. The lowest BCUT2D eigenvalue weighted by molar-refractivity contribution is -0.139. The molecule has 0 radical (unpaired) electrons. The molecule has 24 heavy (non-hydrogen) atoms. The molecule has 2 aromatic carbocycles. The van der Waals surface area contributed by atoms with E-state index in [2.05, 4.69) is 5.32 Å². The second kappa shape index (κ2) is 7.14. The molecule has 2 aromatic rings. The summed E-state index contributed by atoms with van der Waals surface area (Å²) in [5, 5.41) is 2.99. The first-order valence-corrected chi connectivity index (χ1v) is 7.55. The van der Waals surface area contributed by atoms with Crippen LogP contribution in [0, 0.1) is 0 Å². The molecule has 1 saturated heterocycles. The SMILES string of the molecule is CC(=O)Oc1ccc(Oc2ccc(C[C@@H]3NCOC3=O)cc2)cc1. The monoisotopic (exact) mass is 327 g/mol. The first-order chi connectivity index (χ1) is 11.6. The van der Waals surface area contributed by atoms with E-state index in [1.807, 2.05) is 24.3 Å². The average molecular weight is 327 g/mol. The van der Waals surface area contributed by atoms with Crippen molar-refractivity contribution < 1.29 is 23.8 Å². The third-order valence-corrected chi connectivity index (χ3v) is 3.51. The molecule has 1 aliphatic heterocycles. The van der Waals surface area contributed by atoms with Crippen molar-refractivity contribution in [1.29, 1.82) is 0 Å². The molecule has 1 aliphatic rings. The normalized spacial score (nSPS) is 16.5. The van der Waals surface area contributed by atoms with Gasteiger partial charge < -0.3 is 14.2 Å². The fraction of sp³-hybridized carbons (Fsp3) is 0.222. The third-order valence-electron chi connectivity index (χ3n) is 3.51. The summed E-state index contributed by atoms with van der Waals surface area (Å²) in [6.45, 7) is 1.63. The molecule has 1 heterocycles. The van der Waals surface area contributed by atoms with Gasteiger partial charge in [0.25, 0.3) is 0 Å². The van der Waals surface area contributed by atoms with Crippen molar-refractivity contribution >= 4 is 11.9 Å². The minimum absolute atomic E-state index is 0.219. The molecule has 3 rings (SSSR count). The standard InChI is InChI=1S/C18H17NO5/c1-12(20)23-14-6-8-16(9-7-14)24-15-4-2-13(3-5-15)10-17-18(21)22-11-19-17/h2-9,17,19H,10-11H2,1H3/t17-/m0/s1. The zero-order chi connectivity index (χ0) is 16.9. The minimum Gasteiger partial charge on any atom is -0.457 e. The van der Waals surface area contributed by atoms with Gasteiger partial charge in [-0.15, -0.1) is 0 Å². The molecule has 0 amide bonds. The van der Waals surface area contributed by atoms with E-state index in [-0.39, 0.29) is 24.7 Å². The Hall–Kier alpha value is -2.86. The van der Waals surface area contributed by atoms with Crippen molar-refractivity contribution in [2.75, 3.05) is 6.73 Å². The Morgan fingerprint density at radius 3 is 2.21 bits per heavy atom. The number of nitrogens with one attached hydrogen (secondary N) is 1. The Kier molecular flexibility index (Phi) is 4.77. The first kappa shape index (κ1) is 16.0. The minimum atomic E-state index is -0.361. The summed E-state index contributed by atoms with van der Waals surface area (Å²) >= 11 is 0. The van der Waals surface area contributed by atoms with Crippen LogP contribution in [0.5, 0.6) is 17.2 Å². The smallest absolute Gasteiger partial charge is 0.324 e. The highest BCUT2D eigenvalue weighted by atomic mass is 16.6. The number of hydrogen-bond donors (Lipinski definition) is 1. The Morgan fingerprint density at radius 2 is 1.67 bits per heavy atom. The van der Waals surface area contributed by atoms with Gasteiger partial charge in [0.15, 0.2) is 0 Å². The van der Waals surface area contributed by atoms with Crippen LogP contribution in [-0.2, 0) is 20.7 Å². The predicted octanol–water partition coefficient (Wildman–Crippen LogP) is 2.42. The van der Waals surface area contributed by atoms with E-state index >= 15 is 0 Å². The molecular formula is C18H17NO5. The number of cyclic esters (lactones) is 1. The Balaban J connectivity index is 1.59. The molecule has 1 atom stereocenters. The van der Waals surface area contributed by atoms with Crippen LogP contribution in [0.4, 0.5) is 0 Å². The van der Waals surface area contributed by atoms with E-state index in [0.717, 1.165) is 5.56 Å². The van der Waals surface area contributed by atoms with Gasteiger partial charge in [0.2, 0.25) is 0 Å². The van der Waals surface area contributed by atoms with Crippen LogP contribution < -0.4 is 14.8 Å². The number of carbonyl (C=O) groups excluding carboxylic acids is 2. The molecule has 0 aromatic heterocycles. The van der Waals surface area contributed by atoms with Crippen LogP contribution in [0.15, 0.2) is 48.5 Å². The van der Waals surface area contributed by atoms with Gasteiger partial charge >= 0.3 is 11.9 Å². The van der Waals surface area contributed by atoms with Gasteiger partial charge in [-0.2, -0.15) is 0 Å². The van der Waals surface area contributed by atoms with Crippen LogP contribution in [-0.4, -0.2) is 24.7 Å². The Labute approximate surface area is 139 Å². The molecule has 6 heteroatoms. The summed E-state index contributed by atoms with van der Waals surface area (Å²) in [6.07, 6.45) is 0.580. The molecule has 1 N–H and O–H groups in total. The maximum Gasteiger partial charge on any atom is 0.324 e. The van der Waals surface area contributed by atoms with E-state index < -0.39 is 0 Å². The number of esters is 2. The Bertz CT molecular complexity index is 724. The Morgan fingerprint density at radius 1 is 1.08 bits per heavy atom. The fourth-order valence-corrected chi connectivity index (χ4v) is 2.36.